The van der Waals surface area contributed by atoms with Gasteiger partial charge in [-0.3, -0.25) is 4.79 Å². The average molecular weight is 258 g/mol. The van der Waals surface area contributed by atoms with Crippen LogP contribution in [0.25, 0.3) is 0 Å². The van der Waals surface area contributed by atoms with Gasteiger partial charge in [-0.25, -0.2) is 4.79 Å². The summed E-state index contributed by atoms with van der Waals surface area (Å²) >= 11 is 0. The van der Waals surface area contributed by atoms with Crippen LogP contribution in [-0.2, 0) is 14.3 Å². The molecule has 1 heterocycles. The summed E-state index contributed by atoms with van der Waals surface area (Å²) in [7, 11) is 1.57. The number of ether oxygens (including phenoxy) is 1. The summed E-state index contributed by atoms with van der Waals surface area (Å²) in [5.74, 6) is -1.18. The molecule has 0 bridgehead atoms. The lowest BCUT2D eigenvalue weighted by Crippen LogP contribution is -2.42. The van der Waals surface area contributed by atoms with Gasteiger partial charge in [-0.15, -0.1) is 0 Å². The largest absolute Gasteiger partial charge is 0.480 e. The monoisotopic (exact) mass is 258 g/mol. The maximum atomic E-state index is 11.7. The van der Waals surface area contributed by atoms with Gasteiger partial charge in [0, 0.05) is 26.2 Å². The first kappa shape index (κ1) is 14.9. The van der Waals surface area contributed by atoms with Crippen LogP contribution in [0.3, 0.4) is 0 Å². The molecule has 3 N–H and O–H groups in total. The van der Waals surface area contributed by atoms with Crippen LogP contribution in [0.15, 0.2) is 0 Å². The summed E-state index contributed by atoms with van der Waals surface area (Å²) in [6, 6.07) is -0.618. The normalized spacial score (nSPS) is 20.6. The van der Waals surface area contributed by atoms with Crippen molar-refractivity contribution in [2.45, 2.75) is 44.2 Å². The molecule has 0 spiro atoms. The number of methoxy groups -OCH3 is 1. The average Bonchev–Trinajstić information content (AvgIpc) is 2.80. The standard InChI is InChI=1S/C12H22N2O4/c1-18-7-3-5-10(12(16)17)14-11(15)8-9-4-2-6-13-9/h9-10,13H,2-8H2,1H3,(H,14,15)(H,16,17). The molecule has 6 nitrogen and oxygen atoms in total. The van der Waals surface area contributed by atoms with Gasteiger partial charge < -0.3 is 20.5 Å². The summed E-state index contributed by atoms with van der Waals surface area (Å²) in [6.45, 7) is 1.44. The van der Waals surface area contributed by atoms with Gasteiger partial charge in [-0.05, 0) is 32.2 Å². The Morgan fingerprint density at radius 2 is 2.33 bits per heavy atom. The third-order valence-corrected chi connectivity index (χ3v) is 3.07. The number of carboxylic acids is 1. The van der Waals surface area contributed by atoms with Crippen molar-refractivity contribution in [2.75, 3.05) is 20.3 Å². The number of carbonyl (C=O) groups excluding carboxylic acids is 1. The van der Waals surface area contributed by atoms with Gasteiger partial charge in [-0.1, -0.05) is 0 Å². The van der Waals surface area contributed by atoms with E-state index in [-0.39, 0.29) is 11.9 Å². The van der Waals surface area contributed by atoms with Crippen molar-refractivity contribution >= 4 is 11.9 Å². The Labute approximate surface area is 107 Å². The fourth-order valence-electron chi connectivity index (χ4n) is 2.10. The molecule has 104 valence electrons. The molecule has 6 heteroatoms. The van der Waals surface area contributed by atoms with Crippen molar-refractivity contribution in [3.63, 3.8) is 0 Å². The van der Waals surface area contributed by atoms with E-state index in [0.717, 1.165) is 19.4 Å². The van der Waals surface area contributed by atoms with Gasteiger partial charge in [-0.2, -0.15) is 0 Å². The summed E-state index contributed by atoms with van der Waals surface area (Å²) in [6.07, 6.45) is 3.43. The lowest BCUT2D eigenvalue weighted by molar-refractivity contribution is -0.142. The Kier molecular flexibility index (Phi) is 6.67. The SMILES string of the molecule is COCCCC(NC(=O)CC1CCCN1)C(=O)O. The molecule has 1 saturated heterocycles. The fraction of sp³-hybridized carbons (Fsp3) is 0.833. The zero-order valence-corrected chi connectivity index (χ0v) is 10.8. The minimum Gasteiger partial charge on any atom is -0.480 e. The van der Waals surface area contributed by atoms with Crippen LogP contribution in [0.1, 0.15) is 32.1 Å². The molecule has 18 heavy (non-hydrogen) atoms. The summed E-state index contributed by atoms with van der Waals surface area (Å²) in [5, 5.41) is 14.8. The van der Waals surface area contributed by atoms with E-state index in [1.807, 2.05) is 0 Å². The Morgan fingerprint density at radius 1 is 1.56 bits per heavy atom. The van der Waals surface area contributed by atoms with Crippen molar-refractivity contribution in [1.82, 2.24) is 10.6 Å². The Hall–Kier alpha value is -1.14. The van der Waals surface area contributed by atoms with E-state index in [9.17, 15) is 9.59 Å². The van der Waals surface area contributed by atoms with E-state index in [0.29, 0.717) is 25.9 Å². The minimum atomic E-state index is -0.987. The molecule has 2 atom stereocenters. The number of carboxylic acid groups (broad SMARTS) is 1. The molecule has 1 amide bonds. The summed E-state index contributed by atoms with van der Waals surface area (Å²) in [5.41, 5.74) is 0. The van der Waals surface area contributed by atoms with Crippen LogP contribution in [0.5, 0.6) is 0 Å². The molecule has 1 fully saturated rings. The van der Waals surface area contributed by atoms with E-state index < -0.39 is 12.0 Å². The Bertz CT molecular complexity index is 277. The predicted octanol–water partition coefficient (Wildman–Crippen LogP) is 0.125. The third-order valence-electron chi connectivity index (χ3n) is 3.07. The molecule has 0 aliphatic carbocycles. The van der Waals surface area contributed by atoms with Gasteiger partial charge in [0.2, 0.25) is 5.91 Å². The minimum absolute atomic E-state index is 0.193. The van der Waals surface area contributed by atoms with E-state index in [1.54, 1.807) is 7.11 Å². The molecule has 1 rings (SSSR count). The number of hydrogen-bond donors (Lipinski definition) is 3. The van der Waals surface area contributed by atoms with Gasteiger partial charge in [0.05, 0.1) is 0 Å². The Balaban J connectivity index is 2.29. The molecule has 0 saturated carbocycles. The van der Waals surface area contributed by atoms with Crippen molar-refractivity contribution in [1.29, 1.82) is 0 Å². The highest BCUT2D eigenvalue weighted by Crippen LogP contribution is 2.09. The van der Waals surface area contributed by atoms with Crippen LogP contribution in [0.4, 0.5) is 0 Å². The van der Waals surface area contributed by atoms with Crippen molar-refractivity contribution < 1.29 is 19.4 Å². The van der Waals surface area contributed by atoms with Crippen LogP contribution in [-0.4, -0.2) is 49.3 Å². The number of rotatable bonds is 8. The molecule has 0 aromatic heterocycles. The second-order valence-corrected chi connectivity index (χ2v) is 4.59. The van der Waals surface area contributed by atoms with Gasteiger partial charge in [0.15, 0.2) is 0 Å². The summed E-state index contributed by atoms with van der Waals surface area (Å²) < 4.78 is 4.87. The van der Waals surface area contributed by atoms with Crippen LogP contribution in [0, 0.1) is 0 Å². The smallest absolute Gasteiger partial charge is 0.326 e. The number of amides is 1. The van der Waals surface area contributed by atoms with Crippen molar-refractivity contribution in [3.05, 3.63) is 0 Å². The number of carbonyl (C=O) groups is 2. The molecule has 0 radical (unpaired) electrons. The van der Waals surface area contributed by atoms with Gasteiger partial charge in [0.1, 0.15) is 6.04 Å². The number of aliphatic carboxylic acids is 1. The highest BCUT2D eigenvalue weighted by atomic mass is 16.5. The highest BCUT2D eigenvalue weighted by Gasteiger charge is 2.22. The second kappa shape index (κ2) is 8.05. The maximum Gasteiger partial charge on any atom is 0.326 e. The highest BCUT2D eigenvalue weighted by molar-refractivity contribution is 5.83. The summed E-state index contributed by atoms with van der Waals surface area (Å²) in [4.78, 5) is 22.7. The number of hydrogen-bond acceptors (Lipinski definition) is 4. The molecular formula is C12H22N2O4. The first-order valence-electron chi connectivity index (χ1n) is 6.38. The first-order chi connectivity index (χ1) is 8.63. The van der Waals surface area contributed by atoms with Crippen LogP contribution >= 0.6 is 0 Å². The lowest BCUT2D eigenvalue weighted by atomic mass is 10.1. The second-order valence-electron chi connectivity index (χ2n) is 4.59. The topological polar surface area (TPSA) is 87.7 Å². The number of nitrogens with one attached hydrogen (secondary N) is 2. The molecule has 1 aliphatic rings. The fourth-order valence-corrected chi connectivity index (χ4v) is 2.10. The zero-order chi connectivity index (χ0) is 13.4. The van der Waals surface area contributed by atoms with Gasteiger partial charge >= 0.3 is 5.97 Å². The zero-order valence-electron chi connectivity index (χ0n) is 10.8. The Morgan fingerprint density at radius 3 is 2.89 bits per heavy atom. The maximum absolute atomic E-state index is 11.7. The van der Waals surface area contributed by atoms with Crippen LogP contribution in [0.2, 0.25) is 0 Å². The van der Waals surface area contributed by atoms with E-state index >= 15 is 0 Å². The van der Waals surface area contributed by atoms with E-state index in [1.165, 1.54) is 0 Å². The first-order valence-corrected chi connectivity index (χ1v) is 6.38. The third kappa shape index (κ3) is 5.46. The molecule has 0 aromatic rings. The molecule has 2 unspecified atom stereocenters. The molecule has 0 aromatic carbocycles. The van der Waals surface area contributed by atoms with Gasteiger partial charge in [0.25, 0.3) is 0 Å². The van der Waals surface area contributed by atoms with E-state index in [2.05, 4.69) is 10.6 Å². The van der Waals surface area contributed by atoms with Crippen molar-refractivity contribution in [2.24, 2.45) is 0 Å². The quantitative estimate of drug-likeness (QED) is 0.538. The van der Waals surface area contributed by atoms with E-state index in [4.69, 9.17) is 9.84 Å². The van der Waals surface area contributed by atoms with Crippen LogP contribution < -0.4 is 10.6 Å². The molecule has 1 aliphatic heterocycles. The molecular weight excluding hydrogens is 236 g/mol. The lowest BCUT2D eigenvalue weighted by Gasteiger charge is -2.16. The predicted molar refractivity (Wildman–Crippen MR) is 66.3 cm³/mol. The van der Waals surface area contributed by atoms with Crippen molar-refractivity contribution in [3.8, 4) is 0 Å².